The summed E-state index contributed by atoms with van der Waals surface area (Å²) in [5.74, 6) is 0.769. The maximum Gasteiger partial charge on any atom is 0.257 e. The quantitative estimate of drug-likeness (QED) is 0.913. The van der Waals surface area contributed by atoms with Crippen LogP contribution in [0.25, 0.3) is 0 Å². The van der Waals surface area contributed by atoms with E-state index in [2.05, 4.69) is 10.2 Å². The number of rotatable bonds is 4. The van der Waals surface area contributed by atoms with Gasteiger partial charge in [0.15, 0.2) is 0 Å². The number of aromatic nitrogens is 2. The van der Waals surface area contributed by atoms with E-state index in [9.17, 15) is 4.79 Å². The first kappa shape index (κ1) is 13.1. The smallest absolute Gasteiger partial charge is 0.257 e. The van der Waals surface area contributed by atoms with Crippen molar-refractivity contribution < 1.29 is 9.53 Å². The fraction of sp³-hybridized carbons (Fsp3) is 0.286. The molecule has 0 aliphatic rings. The molecule has 0 radical (unpaired) electrons. The first-order chi connectivity index (χ1) is 9.11. The van der Waals surface area contributed by atoms with Gasteiger partial charge in [0, 0.05) is 19.3 Å². The number of aromatic amines is 1. The van der Waals surface area contributed by atoms with Gasteiger partial charge in [-0.05, 0) is 24.6 Å². The third kappa shape index (κ3) is 2.93. The molecule has 1 amide bonds. The molecule has 0 saturated heterocycles. The monoisotopic (exact) mass is 259 g/mol. The maximum absolute atomic E-state index is 12.2. The molecule has 0 spiro atoms. The second kappa shape index (κ2) is 5.56. The second-order valence-corrected chi connectivity index (χ2v) is 4.42. The number of hydrogen-bond donors (Lipinski definition) is 1. The molecule has 100 valence electrons. The van der Waals surface area contributed by atoms with Crippen LogP contribution >= 0.6 is 0 Å². The Hall–Kier alpha value is -2.30. The van der Waals surface area contributed by atoms with Crippen LogP contribution in [0.2, 0.25) is 0 Å². The van der Waals surface area contributed by atoms with Crippen LogP contribution in [-0.2, 0) is 6.54 Å². The summed E-state index contributed by atoms with van der Waals surface area (Å²) >= 11 is 0. The SMILES string of the molecule is COc1ccc(CN(C)C(=O)c2cn[nH]c2C)cc1. The van der Waals surface area contributed by atoms with Crippen LogP contribution in [0.3, 0.4) is 0 Å². The molecular formula is C14H17N3O2. The maximum atomic E-state index is 12.2. The molecule has 5 nitrogen and oxygen atoms in total. The van der Waals surface area contributed by atoms with Gasteiger partial charge in [-0.15, -0.1) is 0 Å². The number of hydrogen-bond acceptors (Lipinski definition) is 3. The fourth-order valence-corrected chi connectivity index (χ4v) is 1.85. The molecule has 0 aliphatic heterocycles. The normalized spacial score (nSPS) is 10.3. The molecule has 5 heteroatoms. The average Bonchev–Trinajstić information content (AvgIpc) is 2.85. The zero-order valence-corrected chi connectivity index (χ0v) is 11.3. The van der Waals surface area contributed by atoms with Crippen molar-refractivity contribution in [3.05, 3.63) is 47.3 Å². The molecule has 0 unspecified atom stereocenters. The van der Waals surface area contributed by atoms with E-state index in [1.807, 2.05) is 31.2 Å². The summed E-state index contributed by atoms with van der Waals surface area (Å²) in [6, 6.07) is 7.67. The fourth-order valence-electron chi connectivity index (χ4n) is 1.85. The van der Waals surface area contributed by atoms with Crippen LogP contribution in [0, 0.1) is 6.92 Å². The van der Waals surface area contributed by atoms with Gasteiger partial charge in [0.2, 0.25) is 0 Å². The van der Waals surface area contributed by atoms with Crippen LogP contribution in [0.1, 0.15) is 21.6 Å². The zero-order valence-electron chi connectivity index (χ0n) is 11.3. The summed E-state index contributed by atoms with van der Waals surface area (Å²) in [5, 5.41) is 6.64. The molecule has 19 heavy (non-hydrogen) atoms. The Kier molecular flexibility index (Phi) is 3.85. The Labute approximate surface area is 112 Å². The van der Waals surface area contributed by atoms with Gasteiger partial charge in [-0.3, -0.25) is 9.89 Å². The topological polar surface area (TPSA) is 58.2 Å². The van der Waals surface area contributed by atoms with Crippen LogP contribution in [0.5, 0.6) is 5.75 Å². The number of methoxy groups -OCH3 is 1. The van der Waals surface area contributed by atoms with Crippen molar-refractivity contribution in [3.8, 4) is 5.75 Å². The number of nitrogens with zero attached hydrogens (tertiary/aromatic N) is 2. The van der Waals surface area contributed by atoms with E-state index in [1.54, 1.807) is 25.3 Å². The van der Waals surface area contributed by atoms with E-state index < -0.39 is 0 Å². The van der Waals surface area contributed by atoms with Gasteiger partial charge < -0.3 is 9.64 Å². The average molecular weight is 259 g/mol. The van der Waals surface area contributed by atoms with Gasteiger partial charge in [0.1, 0.15) is 5.75 Å². The highest BCUT2D eigenvalue weighted by Crippen LogP contribution is 2.14. The number of ether oxygens (including phenoxy) is 1. The number of amides is 1. The molecule has 2 rings (SSSR count). The van der Waals surface area contributed by atoms with Crippen molar-refractivity contribution >= 4 is 5.91 Å². The molecule has 1 aromatic carbocycles. The Morgan fingerprint density at radius 3 is 2.58 bits per heavy atom. The van der Waals surface area contributed by atoms with Crippen molar-refractivity contribution in [1.29, 1.82) is 0 Å². The van der Waals surface area contributed by atoms with Crippen molar-refractivity contribution in [2.24, 2.45) is 0 Å². The highest BCUT2D eigenvalue weighted by atomic mass is 16.5. The van der Waals surface area contributed by atoms with E-state index in [0.29, 0.717) is 12.1 Å². The number of H-pyrrole nitrogens is 1. The van der Waals surface area contributed by atoms with Gasteiger partial charge >= 0.3 is 0 Å². The van der Waals surface area contributed by atoms with Gasteiger partial charge in [0.05, 0.1) is 18.9 Å². The summed E-state index contributed by atoms with van der Waals surface area (Å²) in [7, 11) is 3.41. The number of carbonyl (C=O) groups excluding carboxylic acids is 1. The molecule has 1 heterocycles. The molecule has 1 aromatic heterocycles. The second-order valence-electron chi connectivity index (χ2n) is 4.42. The lowest BCUT2D eigenvalue weighted by Crippen LogP contribution is -2.26. The molecule has 0 fully saturated rings. The van der Waals surface area contributed by atoms with Gasteiger partial charge in [-0.2, -0.15) is 5.10 Å². The van der Waals surface area contributed by atoms with E-state index >= 15 is 0 Å². The van der Waals surface area contributed by atoms with Crippen LogP contribution in [0.4, 0.5) is 0 Å². The van der Waals surface area contributed by atoms with E-state index in [4.69, 9.17) is 4.74 Å². The lowest BCUT2D eigenvalue weighted by molar-refractivity contribution is 0.0784. The van der Waals surface area contributed by atoms with Crippen LogP contribution in [0.15, 0.2) is 30.5 Å². The first-order valence-corrected chi connectivity index (χ1v) is 6.00. The van der Waals surface area contributed by atoms with Gasteiger partial charge in [-0.25, -0.2) is 0 Å². The van der Waals surface area contributed by atoms with Gasteiger partial charge in [0.25, 0.3) is 5.91 Å². The number of aryl methyl sites for hydroxylation is 1. The third-order valence-electron chi connectivity index (χ3n) is 2.99. The minimum Gasteiger partial charge on any atom is -0.497 e. The lowest BCUT2D eigenvalue weighted by atomic mass is 10.2. The third-order valence-corrected chi connectivity index (χ3v) is 2.99. The molecular weight excluding hydrogens is 242 g/mol. The molecule has 1 N–H and O–H groups in total. The summed E-state index contributed by atoms with van der Waals surface area (Å²) in [6.45, 7) is 2.38. The number of nitrogens with one attached hydrogen (secondary N) is 1. The van der Waals surface area contributed by atoms with Crippen LogP contribution in [-0.4, -0.2) is 35.2 Å². The molecule has 0 atom stereocenters. The van der Waals surface area contributed by atoms with Crippen molar-refractivity contribution in [1.82, 2.24) is 15.1 Å². The number of carbonyl (C=O) groups is 1. The molecule has 0 bridgehead atoms. The Morgan fingerprint density at radius 1 is 1.37 bits per heavy atom. The predicted octanol–water partition coefficient (Wildman–Crippen LogP) is 2.00. The summed E-state index contributed by atoms with van der Waals surface area (Å²) in [4.78, 5) is 13.9. The summed E-state index contributed by atoms with van der Waals surface area (Å²) in [5.41, 5.74) is 2.44. The van der Waals surface area contributed by atoms with Crippen molar-refractivity contribution in [2.45, 2.75) is 13.5 Å². The van der Waals surface area contributed by atoms with Crippen LogP contribution < -0.4 is 4.74 Å². The molecule has 0 aliphatic carbocycles. The number of benzene rings is 1. The summed E-state index contributed by atoms with van der Waals surface area (Å²) < 4.78 is 5.10. The lowest BCUT2D eigenvalue weighted by Gasteiger charge is -2.17. The zero-order chi connectivity index (χ0) is 13.8. The van der Waals surface area contributed by atoms with E-state index in [0.717, 1.165) is 17.0 Å². The minimum atomic E-state index is -0.0398. The highest BCUT2D eigenvalue weighted by molar-refractivity contribution is 5.94. The Balaban J connectivity index is 2.06. The minimum absolute atomic E-state index is 0.0398. The Bertz CT molecular complexity index is 560. The van der Waals surface area contributed by atoms with E-state index in [1.165, 1.54) is 0 Å². The Morgan fingerprint density at radius 2 is 2.05 bits per heavy atom. The largest absolute Gasteiger partial charge is 0.497 e. The first-order valence-electron chi connectivity index (χ1n) is 6.00. The predicted molar refractivity (Wildman–Crippen MR) is 72.1 cm³/mol. The van der Waals surface area contributed by atoms with Crippen molar-refractivity contribution in [3.63, 3.8) is 0 Å². The standard InChI is InChI=1S/C14H17N3O2/c1-10-13(8-15-16-10)14(18)17(2)9-11-4-6-12(19-3)7-5-11/h4-8H,9H2,1-3H3,(H,15,16). The molecule has 2 aromatic rings. The summed E-state index contributed by atoms with van der Waals surface area (Å²) in [6.07, 6.45) is 1.56. The van der Waals surface area contributed by atoms with Crippen molar-refractivity contribution in [2.75, 3.05) is 14.2 Å². The van der Waals surface area contributed by atoms with E-state index in [-0.39, 0.29) is 5.91 Å². The van der Waals surface area contributed by atoms with Gasteiger partial charge in [-0.1, -0.05) is 12.1 Å². The highest BCUT2D eigenvalue weighted by Gasteiger charge is 2.15. The molecule has 0 saturated carbocycles.